The summed E-state index contributed by atoms with van der Waals surface area (Å²) in [5.41, 5.74) is 1.36. The van der Waals surface area contributed by atoms with Gasteiger partial charge in [0.1, 0.15) is 0 Å². The minimum atomic E-state index is -0.572. The summed E-state index contributed by atoms with van der Waals surface area (Å²) in [4.78, 5) is 27.8. The lowest BCUT2D eigenvalue weighted by Gasteiger charge is -2.13. The molecule has 0 aliphatic carbocycles. The second kappa shape index (κ2) is 8.26. The fourth-order valence-corrected chi connectivity index (χ4v) is 2.94. The molecule has 0 spiro atoms. The van der Waals surface area contributed by atoms with E-state index in [9.17, 15) is 9.59 Å². The topological polar surface area (TPSA) is 83.4 Å². The summed E-state index contributed by atoms with van der Waals surface area (Å²) in [7, 11) is 2.87. The van der Waals surface area contributed by atoms with E-state index in [0.717, 1.165) is 4.47 Å². The molecule has 0 aromatic heterocycles. The van der Waals surface area contributed by atoms with Crippen LogP contribution in [0.2, 0.25) is 0 Å². The highest BCUT2D eigenvalue weighted by molar-refractivity contribution is 9.10. The van der Waals surface area contributed by atoms with Gasteiger partial charge >= 0.3 is 11.9 Å². The van der Waals surface area contributed by atoms with Crippen molar-refractivity contribution in [1.82, 2.24) is 0 Å². The maximum atomic E-state index is 12.2. The first-order chi connectivity index (χ1) is 13.4. The zero-order valence-electron chi connectivity index (χ0n) is 15.3. The number of methoxy groups -OCH3 is 2. The van der Waals surface area contributed by atoms with Gasteiger partial charge in [0.15, 0.2) is 17.2 Å². The molecule has 144 valence electrons. The minimum absolute atomic E-state index is 0.124. The Labute approximate surface area is 169 Å². The van der Waals surface area contributed by atoms with Gasteiger partial charge in [-0.25, -0.2) is 9.79 Å². The number of hydrogen-bond acceptors (Lipinski definition) is 7. The van der Waals surface area contributed by atoms with Crippen molar-refractivity contribution in [2.75, 3.05) is 14.2 Å². The van der Waals surface area contributed by atoms with Gasteiger partial charge in [-0.1, -0.05) is 22.0 Å². The summed E-state index contributed by atoms with van der Waals surface area (Å²) in [6.45, 7) is 1.28. The third kappa shape index (κ3) is 4.23. The number of benzene rings is 2. The van der Waals surface area contributed by atoms with E-state index in [1.54, 1.807) is 24.3 Å². The molecule has 0 unspecified atom stereocenters. The van der Waals surface area contributed by atoms with E-state index >= 15 is 0 Å². The van der Waals surface area contributed by atoms with Crippen LogP contribution >= 0.6 is 15.9 Å². The molecule has 0 atom stereocenters. The van der Waals surface area contributed by atoms with Gasteiger partial charge in [0.2, 0.25) is 11.6 Å². The van der Waals surface area contributed by atoms with Crippen molar-refractivity contribution in [3.8, 4) is 17.2 Å². The van der Waals surface area contributed by atoms with Crippen LogP contribution in [0.15, 0.2) is 51.6 Å². The van der Waals surface area contributed by atoms with Gasteiger partial charge in [-0.3, -0.25) is 4.79 Å². The first-order valence-corrected chi connectivity index (χ1v) is 8.93. The summed E-state index contributed by atoms with van der Waals surface area (Å²) in [6.07, 6.45) is 1.54. The SMILES string of the molecule is COc1cc(C=C2N=C(c3cccc(Br)c3)OC2=O)cc(OC)c1OC(C)=O. The molecule has 1 aliphatic heterocycles. The molecule has 0 amide bonds. The third-order valence-corrected chi connectivity index (χ3v) is 4.22. The van der Waals surface area contributed by atoms with Crippen LogP contribution in [0.4, 0.5) is 0 Å². The van der Waals surface area contributed by atoms with Crippen LogP contribution in [-0.2, 0) is 14.3 Å². The van der Waals surface area contributed by atoms with E-state index in [4.69, 9.17) is 18.9 Å². The van der Waals surface area contributed by atoms with E-state index in [1.807, 2.05) is 12.1 Å². The van der Waals surface area contributed by atoms with Gasteiger partial charge in [0.25, 0.3) is 0 Å². The molecule has 0 radical (unpaired) electrons. The molecule has 0 N–H and O–H groups in total. The number of aliphatic imine (C=N–C) groups is 1. The Morgan fingerprint density at radius 1 is 1.14 bits per heavy atom. The Morgan fingerprint density at radius 2 is 1.82 bits per heavy atom. The van der Waals surface area contributed by atoms with Gasteiger partial charge in [0.05, 0.1) is 14.2 Å². The first kappa shape index (κ1) is 19.6. The van der Waals surface area contributed by atoms with Crippen molar-refractivity contribution in [3.05, 3.63) is 57.7 Å². The van der Waals surface area contributed by atoms with Crippen molar-refractivity contribution < 1.29 is 28.5 Å². The Hall–Kier alpha value is -3.13. The van der Waals surface area contributed by atoms with Crippen LogP contribution in [-0.4, -0.2) is 32.1 Å². The van der Waals surface area contributed by atoms with Crippen molar-refractivity contribution in [1.29, 1.82) is 0 Å². The Morgan fingerprint density at radius 3 is 2.39 bits per heavy atom. The molecule has 0 fully saturated rings. The summed E-state index contributed by atoms with van der Waals surface area (Å²) in [6, 6.07) is 10.5. The van der Waals surface area contributed by atoms with Gasteiger partial charge in [0, 0.05) is 17.0 Å². The Balaban J connectivity index is 2.00. The molecule has 1 heterocycles. The van der Waals surface area contributed by atoms with Crippen molar-refractivity contribution in [3.63, 3.8) is 0 Å². The van der Waals surface area contributed by atoms with Gasteiger partial charge in [-0.05, 0) is 42.0 Å². The molecule has 0 bridgehead atoms. The van der Waals surface area contributed by atoms with Crippen LogP contribution in [0.3, 0.4) is 0 Å². The lowest BCUT2D eigenvalue weighted by molar-refractivity contribution is -0.132. The highest BCUT2D eigenvalue weighted by atomic mass is 79.9. The van der Waals surface area contributed by atoms with Crippen molar-refractivity contribution in [2.45, 2.75) is 6.92 Å². The van der Waals surface area contributed by atoms with E-state index in [1.165, 1.54) is 27.2 Å². The van der Waals surface area contributed by atoms with Crippen LogP contribution < -0.4 is 14.2 Å². The predicted octanol–water partition coefficient (Wildman–Crippen LogP) is 3.74. The zero-order chi connectivity index (χ0) is 20.3. The zero-order valence-corrected chi connectivity index (χ0v) is 16.9. The van der Waals surface area contributed by atoms with E-state index < -0.39 is 11.9 Å². The number of ether oxygens (including phenoxy) is 4. The quantitative estimate of drug-likeness (QED) is 0.396. The number of rotatable bonds is 5. The molecule has 7 nitrogen and oxygen atoms in total. The van der Waals surface area contributed by atoms with E-state index in [-0.39, 0.29) is 28.8 Å². The average Bonchev–Trinajstić information content (AvgIpc) is 3.02. The molecular weight excluding hydrogens is 430 g/mol. The smallest absolute Gasteiger partial charge is 0.363 e. The number of carbonyl (C=O) groups excluding carboxylic acids is 2. The summed E-state index contributed by atoms with van der Waals surface area (Å²) in [5, 5.41) is 0. The van der Waals surface area contributed by atoms with Crippen LogP contribution in [0.1, 0.15) is 18.1 Å². The molecule has 0 saturated heterocycles. The predicted molar refractivity (Wildman–Crippen MR) is 106 cm³/mol. The largest absolute Gasteiger partial charge is 0.493 e. The van der Waals surface area contributed by atoms with Crippen LogP contribution in [0.25, 0.3) is 6.08 Å². The molecule has 0 saturated carbocycles. The summed E-state index contributed by atoms with van der Waals surface area (Å²) in [5.74, 6) is -0.143. The fraction of sp³-hybridized carbons (Fsp3) is 0.150. The Bertz CT molecular complexity index is 987. The second-order valence-corrected chi connectivity index (χ2v) is 6.61. The minimum Gasteiger partial charge on any atom is -0.493 e. The lowest BCUT2D eigenvalue weighted by atomic mass is 10.1. The monoisotopic (exact) mass is 445 g/mol. The third-order valence-electron chi connectivity index (χ3n) is 3.72. The Kier molecular flexibility index (Phi) is 5.79. The summed E-state index contributed by atoms with van der Waals surface area (Å²) >= 11 is 3.37. The molecule has 2 aromatic carbocycles. The molecule has 28 heavy (non-hydrogen) atoms. The van der Waals surface area contributed by atoms with Crippen LogP contribution in [0.5, 0.6) is 17.2 Å². The number of halogens is 1. The maximum absolute atomic E-state index is 12.2. The normalized spacial score (nSPS) is 14.5. The standard InChI is InChI=1S/C20H16BrNO6/c1-11(23)27-18-16(25-2)8-12(9-17(18)26-3)7-15-20(24)28-19(22-15)13-5-4-6-14(21)10-13/h4-10H,1-3H3. The summed E-state index contributed by atoms with van der Waals surface area (Å²) < 4.78 is 21.8. The number of cyclic esters (lactones) is 1. The number of carbonyl (C=O) groups is 2. The molecule has 8 heteroatoms. The molecule has 1 aliphatic rings. The van der Waals surface area contributed by atoms with Crippen molar-refractivity contribution >= 4 is 39.8 Å². The van der Waals surface area contributed by atoms with Crippen molar-refractivity contribution in [2.24, 2.45) is 4.99 Å². The van der Waals surface area contributed by atoms with Crippen LogP contribution in [0, 0.1) is 0 Å². The molecule has 3 rings (SSSR count). The fourth-order valence-electron chi connectivity index (χ4n) is 2.54. The second-order valence-electron chi connectivity index (χ2n) is 5.69. The molecule has 2 aromatic rings. The van der Waals surface area contributed by atoms with Gasteiger partial charge < -0.3 is 18.9 Å². The highest BCUT2D eigenvalue weighted by Gasteiger charge is 2.25. The van der Waals surface area contributed by atoms with E-state index in [0.29, 0.717) is 11.1 Å². The van der Waals surface area contributed by atoms with E-state index in [2.05, 4.69) is 20.9 Å². The number of hydrogen-bond donors (Lipinski definition) is 0. The van der Waals surface area contributed by atoms with Gasteiger partial charge in [-0.15, -0.1) is 0 Å². The first-order valence-electron chi connectivity index (χ1n) is 8.14. The average molecular weight is 446 g/mol. The molecular formula is C20H16BrNO6. The number of esters is 2. The van der Waals surface area contributed by atoms with Gasteiger partial charge in [-0.2, -0.15) is 0 Å². The highest BCUT2D eigenvalue weighted by Crippen LogP contribution is 2.39. The number of nitrogens with zero attached hydrogens (tertiary/aromatic N) is 1. The lowest BCUT2D eigenvalue weighted by Crippen LogP contribution is -2.05. The maximum Gasteiger partial charge on any atom is 0.363 e.